The highest BCUT2D eigenvalue weighted by Gasteiger charge is 2.31. The van der Waals surface area contributed by atoms with E-state index in [9.17, 15) is 0 Å². The fraction of sp³-hybridized carbons (Fsp3) is 0.571. The second kappa shape index (κ2) is 4.81. The van der Waals surface area contributed by atoms with Crippen LogP contribution in [-0.2, 0) is 7.05 Å². The lowest BCUT2D eigenvalue weighted by molar-refractivity contribution is 0.330. The summed E-state index contributed by atoms with van der Waals surface area (Å²) in [7, 11) is 2.00. The molecular formula is C14H21N5. The fourth-order valence-corrected chi connectivity index (χ4v) is 3.01. The number of hydrogen-bond acceptors (Lipinski definition) is 4. The molecule has 5 nitrogen and oxygen atoms in total. The number of aromatic nitrogens is 3. The number of fused-ring (bicyclic) bond motifs is 1. The Labute approximate surface area is 113 Å². The van der Waals surface area contributed by atoms with E-state index in [4.69, 9.17) is 5.73 Å². The number of rotatable bonds is 3. The predicted molar refractivity (Wildman–Crippen MR) is 77.0 cm³/mol. The third-order valence-corrected chi connectivity index (χ3v) is 4.23. The number of nitrogens with one attached hydrogen (secondary N) is 1. The van der Waals surface area contributed by atoms with Crippen molar-refractivity contribution in [3.05, 3.63) is 18.6 Å². The molecule has 3 rings (SSSR count). The summed E-state index contributed by atoms with van der Waals surface area (Å²) < 4.78 is 2.01. The van der Waals surface area contributed by atoms with Crippen molar-refractivity contribution in [1.82, 2.24) is 14.5 Å². The van der Waals surface area contributed by atoms with Gasteiger partial charge in [-0.2, -0.15) is 0 Å². The monoisotopic (exact) mass is 259 g/mol. The van der Waals surface area contributed by atoms with E-state index in [1.165, 1.54) is 19.3 Å². The van der Waals surface area contributed by atoms with Crippen LogP contribution >= 0.6 is 0 Å². The molecule has 0 bridgehead atoms. The van der Waals surface area contributed by atoms with Crippen LogP contribution in [0.15, 0.2) is 18.6 Å². The standard InChI is InChI=1S/C14H21N5/c1-19-10-17-12-11(19)5-8-16-13(12)18-14(9-15)6-3-2-4-7-14/h5,8,10H,2-4,6-7,9,15H2,1H3,(H,16,18). The number of anilines is 1. The summed E-state index contributed by atoms with van der Waals surface area (Å²) >= 11 is 0. The Hall–Kier alpha value is -1.62. The SMILES string of the molecule is Cn1cnc2c(NC3(CN)CCCCC3)nccc21. The molecule has 0 aromatic carbocycles. The van der Waals surface area contributed by atoms with Crippen LogP contribution < -0.4 is 11.1 Å². The minimum absolute atomic E-state index is 0.00292. The van der Waals surface area contributed by atoms with Gasteiger partial charge >= 0.3 is 0 Å². The molecule has 19 heavy (non-hydrogen) atoms. The third kappa shape index (κ3) is 2.18. The van der Waals surface area contributed by atoms with E-state index in [0.29, 0.717) is 6.54 Å². The molecule has 1 aliphatic rings. The largest absolute Gasteiger partial charge is 0.362 e. The van der Waals surface area contributed by atoms with Crippen molar-refractivity contribution in [2.45, 2.75) is 37.6 Å². The van der Waals surface area contributed by atoms with Gasteiger partial charge in [0.05, 0.1) is 17.4 Å². The number of imidazole rings is 1. The fourth-order valence-electron chi connectivity index (χ4n) is 3.01. The third-order valence-electron chi connectivity index (χ3n) is 4.23. The average Bonchev–Trinajstić information content (AvgIpc) is 2.83. The molecule has 3 N–H and O–H groups in total. The highest BCUT2D eigenvalue weighted by atomic mass is 15.1. The van der Waals surface area contributed by atoms with Crippen molar-refractivity contribution in [2.75, 3.05) is 11.9 Å². The normalized spacial score (nSPS) is 18.6. The van der Waals surface area contributed by atoms with E-state index in [2.05, 4.69) is 15.3 Å². The molecule has 1 fully saturated rings. The number of aryl methyl sites for hydroxylation is 1. The lowest BCUT2D eigenvalue weighted by Crippen LogP contribution is -2.47. The maximum atomic E-state index is 6.02. The summed E-state index contributed by atoms with van der Waals surface area (Å²) in [6.45, 7) is 0.651. The van der Waals surface area contributed by atoms with Crippen LogP contribution in [-0.4, -0.2) is 26.6 Å². The molecular weight excluding hydrogens is 238 g/mol. The Morgan fingerprint density at radius 3 is 2.84 bits per heavy atom. The van der Waals surface area contributed by atoms with Crippen molar-refractivity contribution in [3.8, 4) is 0 Å². The first kappa shape index (κ1) is 12.4. The van der Waals surface area contributed by atoms with Gasteiger partial charge in [0.15, 0.2) is 5.82 Å². The average molecular weight is 259 g/mol. The van der Waals surface area contributed by atoms with Gasteiger partial charge in [0, 0.05) is 19.8 Å². The Kier molecular flexibility index (Phi) is 3.14. The first-order chi connectivity index (χ1) is 9.24. The molecule has 2 aromatic rings. The van der Waals surface area contributed by atoms with E-state index < -0.39 is 0 Å². The zero-order valence-electron chi connectivity index (χ0n) is 11.4. The summed E-state index contributed by atoms with van der Waals surface area (Å²) in [5, 5.41) is 3.59. The summed E-state index contributed by atoms with van der Waals surface area (Å²) in [5.41, 5.74) is 8.05. The Bertz CT molecular complexity index is 568. The van der Waals surface area contributed by atoms with Crippen LogP contribution in [0.5, 0.6) is 0 Å². The van der Waals surface area contributed by atoms with Crippen LogP contribution in [0.4, 0.5) is 5.82 Å². The second-order valence-electron chi connectivity index (χ2n) is 5.55. The van der Waals surface area contributed by atoms with Gasteiger partial charge in [-0.3, -0.25) is 0 Å². The van der Waals surface area contributed by atoms with Gasteiger partial charge in [0.25, 0.3) is 0 Å². The van der Waals surface area contributed by atoms with Crippen LogP contribution in [0, 0.1) is 0 Å². The summed E-state index contributed by atoms with van der Waals surface area (Å²) in [6, 6.07) is 1.99. The lowest BCUT2D eigenvalue weighted by atomic mass is 9.81. The van der Waals surface area contributed by atoms with Crippen LogP contribution in [0.3, 0.4) is 0 Å². The molecule has 0 aliphatic heterocycles. The molecule has 2 heterocycles. The lowest BCUT2D eigenvalue weighted by Gasteiger charge is -2.37. The molecule has 0 radical (unpaired) electrons. The molecule has 0 saturated heterocycles. The summed E-state index contributed by atoms with van der Waals surface area (Å²) in [5.74, 6) is 0.866. The molecule has 2 aromatic heterocycles. The molecule has 102 valence electrons. The van der Waals surface area contributed by atoms with Crippen molar-refractivity contribution in [1.29, 1.82) is 0 Å². The van der Waals surface area contributed by atoms with Crippen LogP contribution in [0.2, 0.25) is 0 Å². The Morgan fingerprint density at radius 1 is 1.32 bits per heavy atom. The van der Waals surface area contributed by atoms with Gasteiger partial charge in [-0.05, 0) is 18.9 Å². The van der Waals surface area contributed by atoms with Crippen molar-refractivity contribution in [3.63, 3.8) is 0 Å². The Balaban J connectivity index is 1.95. The Morgan fingerprint density at radius 2 is 2.11 bits per heavy atom. The highest BCUT2D eigenvalue weighted by molar-refractivity contribution is 5.86. The van der Waals surface area contributed by atoms with E-state index in [1.54, 1.807) is 0 Å². The van der Waals surface area contributed by atoms with E-state index >= 15 is 0 Å². The molecule has 5 heteroatoms. The van der Waals surface area contributed by atoms with Crippen LogP contribution in [0.1, 0.15) is 32.1 Å². The quantitative estimate of drug-likeness (QED) is 0.885. The zero-order chi connectivity index (χ0) is 13.3. The van der Waals surface area contributed by atoms with Gasteiger partial charge in [-0.25, -0.2) is 9.97 Å². The van der Waals surface area contributed by atoms with E-state index in [-0.39, 0.29) is 5.54 Å². The minimum atomic E-state index is -0.00292. The molecule has 0 unspecified atom stereocenters. The second-order valence-corrected chi connectivity index (χ2v) is 5.55. The van der Waals surface area contributed by atoms with Gasteiger partial charge in [0.1, 0.15) is 5.52 Å². The van der Waals surface area contributed by atoms with Gasteiger partial charge in [-0.1, -0.05) is 19.3 Å². The van der Waals surface area contributed by atoms with Gasteiger partial charge in [-0.15, -0.1) is 0 Å². The smallest absolute Gasteiger partial charge is 0.154 e. The van der Waals surface area contributed by atoms with Crippen molar-refractivity contribution in [2.24, 2.45) is 12.8 Å². The predicted octanol–water partition coefficient (Wildman–Crippen LogP) is 2.04. The minimum Gasteiger partial charge on any atom is -0.362 e. The topological polar surface area (TPSA) is 68.8 Å². The summed E-state index contributed by atoms with van der Waals surface area (Å²) in [6.07, 6.45) is 9.69. The molecule has 0 atom stereocenters. The number of nitrogens with two attached hydrogens (primary N) is 1. The number of nitrogens with zero attached hydrogens (tertiary/aromatic N) is 3. The van der Waals surface area contributed by atoms with Crippen LogP contribution in [0.25, 0.3) is 11.0 Å². The van der Waals surface area contributed by atoms with Gasteiger partial charge < -0.3 is 15.6 Å². The zero-order valence-corrected chi connectivity index (χ0v) is 11.4. The van der Waals surface area contributed by atoms with E-state index in [0.717, 1.165) is 29.7 Å². The van der Waals surface area contributed by atoms with Crippen molar-refractivity contribution >= 4 is 16.9 Å². The number of hydrogen-bond donors (Lipinski definition) is 2. The van der Waals surface area contributed by atoms with Crippen molar-refractivity contribution < 1.29 is 0 Å². The number of pyridine rings is 1. The van der Waals surface area contributed by atoms with E-state index in [1.807, 2.05) is 30.2 Å². The highest BCUT2D eigenvalue weighted by Crippen LogP contribution is 2.32. The molecule has 1 saturated carbocycles. The molecule has 0 spiro atoms. The maximum absolute atomic E-state index is 6.02. The first-order valence-corrected chi connectivity index (χ1v) is 6.98. The first-order valence-electron chi connectivity index (χ1n) is 6.98. The summed E-state index contributed by atoms with van der Waals surface area (Å²) in [4.78, 5) is 8.91. The molecule has 1 aliphatic carbocycles. The maximum Gasteiger partial charge on any atom is 0.154 e. The molecule has 0 amide bonds. The van der Waals surface area contributed by atoms with Gasteiger partial charge in [0.2, 0.25) is 0 Å².